The van der Waals surface area contributed by atoms with Crippen LogP contribution in [0.2, 0.25) is 0 Å². The highest BCUT2D eigenvalue weighted by Gasteiger charge is 2.24. The van der Waals surface area contributed by atoms with E-state index in [-0.39, 0.29) is 11.7 Å². The van der Waals surface area contributed by atoms with Gasteiger partial charge in [-0.15, -0.1) is 0 Å². The van der Waals surface area contributed by atoms with E-state index in [1.54, 1.807) is 0 Å². The summed E-state index contributed by atoms with van der Waals surface area (Å²) in [6.45, 7) is 6.20. The summed E-state index contributed by atoms with van der Waals surface area (Å²) < 4.78 is 0. The van der Waals surface area contributed by atoms with Crippen molar-refractivity contribution >= 4 is 11.7 Å². The summed E-state index contributed by atoms with van der Waals surface area (Å²) >= 11 is 0. The lowest BCUT2D eigenvalue weighted by Crippen LogP contribution is -2.31. The summed E-state index contributed by atoms with van der Waals surface area (Å²) in [5.41, 5.74) is 4.69. The first-order valence-electron chi connectivity index (χ1n) is 9.04. The highest BCUT2D eigenvalue weighted by molar-refractivity contribution is 6.02. The zero-order valence-electron chi connectivity index (χ0n) is 16.0. The summed E-state index contributed by atoms with van der Waals surface area (Å²) in [6.07, 6.45) is 0. The molecule has 0 atom stereocenters. The minimum absolute atomic E-state index is 0.0297. The molecule has 0 aliphatic carbocycles. The molecule has 0 saturated heterocycles. The fourth-order valence-electron chi connectivity index (χ4n) is 3.46. The molecule has 0 aliphatic rings. The first kappa shape index (κ1) is 18.6. The fraction of sp³-hybridized carbons (Fsp3) is 0.217. The third-order valence-corrected chi connectivity index (χ3v) is 4.72. The van der Waals surface area contributed by atoms with E-state index < -0.39 is 0 Å². The Hall–Kier alpha value is -3.14. The normalized spacial score (nSPS) is 10.6. The van der Waals surface area contributed by atoms with Crippen molar-refractivity contribution in [2.45, 2.75) is 33.9 Å². The Bertz CT molecular complexity index is 902. The predicted octanol–water partition coefficient (Wildman–Crippen LogP) is 4.68. The molecule has 0 fully saturated rings. The molecule has 138 valence electrons. The summed E-state index contributed by atoms with van der Waals surface area (Å²) in [5, 5.41) is 0. The molecule has 0 bridgehead atoms. The van der Waals surface area contributed by atoms with E-state index in [4.69, 9.17) is 0 Å². The van der Waals surface area contributed by atoms with Crippen molar-refractivity contribution in [3.8, 4) is 0 Å². The molecule has 0 radical (unpaired) electrons. The van der Waals surface area contributed by atoms with Crippen LogP contribution in [0.5, 0.6) is 0 Å². The first-order valence-corrected chi connectivity index (χ1v) is 9.04. The Labute approximate surface area is 159 Å². The summed E-state index contributed by atoms with van der Waals surface area (Å²) in [6, 6.07) is 19.9. The average molecular weight is 360 g/mol. The number of Topliss-reactive ketones (excluding diaryl/α,β-unsaturated/α-hetero) is 1. The van der Waals surface area contributed by atoms with Gasteiger partial charge < -0.3 is 9.88 Å². The number of amides is 1. The van der Waals surface area contributed by atoms with Gasteiger partial charge >= 0.3 is 0 Å². The van der Waals surface area contributed by atoms with Gasteiger partial charge in [0, 0.05) is 24.3 Å². The van der Waals surface area contributed by atoms with Crippen molar-refractivity contribution in [1.82, 2.24) is 9.88 Å². The molecule has 0 aliphatic heterocycles. The minimum atomic E-state index is -0.101. The molecule has 1 heterocycles. The van der Waals surface area contributed by atoms with Gasteiger partial charge in [0.15, 0.2) is 5.78 Å². The molecule has 4 nitrogen and oxygen atoms in total. The number of hydrogen-bond donors (Lipinski definition) is 1. The van der Waals surface area contributed by atoms with Crippen LogP contribution in [-0.2, 0) is 13.1 Å². The number of benzene rings is 2. The van der Waals surface area contributed by atoms with Crippen LogP contribution in [0.3, 0.4) is 0 Å². The minimum Gasteiger partial charge on any atom is -0.354 e. The van der Waals surface area contributed by atoms with E-state index in [9.17, 15) is 9.59 Å². The number of carbonyl (C=O) groups excluding carboxylic acids is 2. The molecular formula is C23H24N2O2. The largest absolute Gasteiger partial charge is 0.354 e. The Morgan fingerprint density at radius 3 is 1.74 bits per heavy atom. The number of aryl methyl sites for hydroxylation is 1. The topological polar surface area (TPSA) is 53.2 Å². The second kappa shape index (κ2) is 8.04. The lowest BCUT2D eigenvalue weighted by atomic mass is 10.1. The van der Waals surface area contributed by atoms with Crippen molar-refractivity contribution in [3.63, 3.8) is 0 Å². The second-order valence-corrected chi connectivity index (χ2v) is 6.81. The number of carbonyl (C=O) groups is 2. The average Bonchev–Trinajstić information content (AvgIpc) is 2.96. The fourth-order valence-corrected chi connectivity index (χ4v) is 3.46. The third kappa shape index (κ3) is 4.17. The van der Waals surface area contributed by atoms with Gasteiger partial charge in [-0.1, -0.05) is 60.7 Å². The van der Waals surface area contributed by atoms with Crippen molar-refractivity contribution < 1.29 is 9.59 Å². The lowest BCUT2D eigenvalue weighted by molar-refractivity contribution is 0.0724. The molecule has 0 spiro atoms. The molecule has 3 rings (SSSR count). The molecule has 2 aromatic carbocycles. The van der Waals surface area contributed by atoms with Gasteiger partial charge in [0.05, 0.1) is 0 Å². The van der Waals surface area contributed by atoms with Gasteiger partial charge in [-0.2, -0.15) is 0 Å². The van der Waals surface area contributed by atoms with Crippen LogP contribution in [0.25, 0.3) is 0 Å². The van der Waals surface area contributed by atoms with Gasteiger partial charge in [0.2, 0.25) is 0 Å². The van der Waals surface area contributed by atoms with Crippen molar-refractivity contribution in [1.29, 1.82) is 0 Å². The van der Waals surface area contributed by atoms with Crippen LogP contribution in [0.4, 0.5) is 0 Å². The van der Waals surface area contributed by atoms with E-state index in [0.29, 0.717) is 24.3 Å². The zero-order valence-corrected chi connectivity index (χ0v) is 16.0. The summed E-state index contributed by atoms with van der Waals surface area (Å²) in [5.74, 6) is -0.131. The van der Waals surface area contributed by atoms with E-state index in [2.05, 4.69) is 4.98 Å². The number of rotatable bonds is 6. The van der Waals surface area contributed by atoms with E-state index >= 15 is 0 Å². The zero-order chi connectivity index (χ0) is 19.4. The first-order chi connectivity index (χ1) is 13.0. The Morgan fingerprint density at radius 1 is 0.852 bits per heavy atom. The Balaban J connectivity index is 1.95. The highest BCUT2D eigenvalue weighted by atomic mass is 16.2. The quantitative estimate of drug-likeness (QED) is 0.649. The van der Waals surface area contributed by atoms with Crippen LogP contribution in [0, 0.1) is 13.8 Å². The number of aromatic amines is 1. The van der Waals surface area contributed by atoms with Crippen molar-refractivity contribution in [2.75, 3.05) is 0 Å². The third-order valence-electron chi connectivity index (χ3n) is 4.72. The maximum absolute atomic E-state index is 13.3. The number of nitrogens with one attached hydrogen (secondary N) is 1. The van der Waals surface area contributed by atoms with Crippen molar-refractivity contribution in [2.24, 2.45) is 0 Å². The van der Waals surface area contributed by atoms with Gasteiger partial charge in [0.1, 0.15) is 5.69 Å². The number of nitrogens with zero attached hydrogens (tertiary/aromatic N) is 1. The number of hydrogen-bond acceptors (Lipinski definition) is 2. The Morgan fingerprint density at radius 2 is 1.33 bits per heavy atom. The van der Waals surface area contributed by atoms with Crippen LogP contribution in [0.15, 0.2) is 60.7 Å². The maximum Gasteiger partial charge on any atom is 0.271 e. The number of aromatic nitrogens is 1. The molecule has 4 heteroatoms. The van der Waals surface area contributed by atoms with Crippen LogP contribution in [-0.4, -0.2) is 21.6 Å². The van der Waals surface area contributed by atoms with E-state index in [0.717, 1.165) is 22.4 Å². The molecule has 27 heavy (non-hydrogen) atoms. The molecule has 3 aromatic rings. The van der Waals surface area contributed by atoms with Gasteiger partial charge in [-0.25, -0.2) is 0 Å². The molecule has 0 saturated carbocycles. The molecule has 0 unspecified atom stereocenters. The number of H-pyrrole nitrogens is 1. The molecule has 1 N–H and O–H groups in total. The van der Waals surface area contributed by atoms with Crippen LogP contribution < -0.4 is 0 Å². The smallest absolute Gasteiger partial charge is 0.271 e. The van der Waals surface area contributed by atoms with Crippen LogP contribution >= 0.6 is 0 Å². The van der Waals surface area contributed by atoms with Crippen LogP contribution in [0.1, 0.15) is 50.2 Å². The maximum atomic E-state index is 13.3. The highest BCUT2D eigenvalue weighted by Crippen LogP contribution is 2.22. The number of ketones is 1. The SMILES string of the molecule is CC(=O)c1c(C)[nH]c(C(=O)N(Cc2ccccc2)Cc2ccccc2)c1C. The Kier molecular flexibility index (Phi) is 5.55. The molecule has 1 amide bonds. The second-order valence-electron chi connectivity index (χ2n) is 6.81. The van der Waals surface area contributed by atoms with E-state index in [1.807, 2.05) is 79.4 Å². The predicted molar refractivity (Wildman–Crippen MR) is 107 cm³/mol. The van der Waals surface area contributed by atoms with Gasteiger partial charge in [0.25, 0.3) is 5.91 Å². The van der Waals surface area contributed by atoms with E-state index in [1.165, 1.54) is 6.92 Å². The standard InChI is InChI=1S/C23H24N2O2/c1-16-21(18(3)26)17(2)24-22(16)23(27)25(14-19-10-6-4-7-11-19)15-20-12-8-5-9-13-20/h4-13,24H,14-15H2,1-3H3. The molecular weight excluding hydrogens is 336 g/mol. The lowest BCUT2D eigenvalue weighted by Gasteiger charge is -2.23. The van der Waals surface area contributed by atoms with Gasteiger partial charge in [-0.3, -0.25) is 9.59 Å². The summed E-state index contributed by atoms with van der Waals surface area (Å²) in [7, 11) is 0. The van der Waals surface area contributed by atoms with Crippen molar-refractivity contribution in [3.05, 3.63) is 94.3 Å². The summed E-state index contributed by atoms with van der Waals surface area (Å²) in [4.78, 5) is 30.2. The van der Waals surface area contributed by atoms with Gasteiger partial charge in [-0.05, 0) is 37.5 Å². The molecule has 1 aromatic heterocycles. The monoisotopic (exact) mass is 360 g/mol.